The highest BCUT2D eigenvalue weighted by Crippen LogP contribution is 2.23. The largest absolute Gasteiger partial charge is 0.489 e. The van der Waals surface area contributed by atoms with Gasteiger partial charge in [0.05, 0.1) is 11.1 Å². The van der Waals surface area contributed by atoms with Crippen LogP contribution in [0.3, 0.4) is 0 Å². The predicted molar refractivity (Wildman–Crippen MR) is 77.4 cm³/mol. The van der Waals surface area contributed by atoms with Crippen LogP contribution in [-0.2, 0) is 6.61 Å². The standard InChI is InChI=1S/C16H16ClFO2/c1-2-15(19)11-6-8-13(9-7-11)20-10-12-4-3-5-14(18)16(12)17/h3-9,15,19H,2,10H2,1H3. The summed E-state index contributed by atoms with van der Waals surface area (Å²) in [6.45, 7) is 2.12. The van der Waals surface area contributed by atoms with Crippen LogP contribution in [-0.4, -0.2) is 5.11 Å². The van der Waals surface area contributed by atoms with Crippen LogP contribution in [0.2, 0.25) is 5.02 Å². The van der Waals surface area contributed by atoms with Gasteiger partial charge in [0.2, 0.25) is 0 Å². The molecule has 0 aromatic heterocycles. The quantitative estimate of drug-likeness (QED) is 0.879. The molecule has 4 heteroatoms. The Morgan fingerprint density at radius 1 is 1.20 bits per heavy atom. The van der Waals surface area contributed by atoms with E-state index in [0.717, 1.165) is 5.56 Å². The molecular weight excluding hydrogens is 279 g/mol. The zero-order chi connectivity index (χ0) is 14.5. The molecule has 0 saturated carbocycles. The van der Waals surface area contributed by atoms with Crippen molar-refractivity contribution in [1.29, 1.82) is 0 Å². The first-order valence-electron chi connectivity index (χ1n) is 6.45. The lowest BCUT2D eigenvalue weighted by Gasteiger charge is -2.11. The molecule has 0 aliphatic carbocycles. The Kier molecular flexibility index (Phi) is 4.99. The van der Waals surface area contributed by atoms with Gasteiger partial charge in [0.1, 0.15) is 18.2 Å². The Hall–Kier alpha value is -1.58. The van der Waals surface area contributed by atoms with E-state index in [1.54, 1.807) is 24.3 Å². The SMILES string of the molecule is CCC(O)c1ccc(OCc2cccc(F)c2Cl)cc1. The Balaban J connectivity index is 2.02. The number of aliphatic hydroxyl groups excluding tert-OH is 1. The number of halogens is 2. The van der Waals surface area contributed by atoms with Crippen LogP contribution < -0.4 is 4.74 Å². The monoisotopic (exact) mass is 294 g/mol. The lowest BCUT2D eigenvalue weighted by atomic mass is 10.1. The molecule has 2 nitrogen and oxygen atoms in total. The van der Waals surface area contributed by atoms with Crippen molar-refractivity contribution in [3.63, 3.8) is 0 Å². The van der Waals surface area contributed by atoms with Crippen LogP contribution in [0.15, 0.2) is 42.5 Å². The van der Waals surface area contributed by atoms with Gasteiger partial charge in [0.25, 0.3) is 0 Å². The molecule has 0 amide bonds. The van der Waals surface area contributed by atoms with Crippen molar-refractivity contribution < 1.29 is 14.2 Å². The fourth-order valence-electron chi connectivity index (χ4n) is 1.84. The maximum atomic E-state index is 13.3. The molecule has 0 aliphatic rings. The Morgan fingerprint density at radius 3 is 2.55 bits per heavy atom. The summed E-state index contributed by atoms with van der Waals surface area (Å²) in [5.74, 6) is 0.201. The molecule has 1 atom stereocenters. The second-order valence-corrected chi connectivity index (χ2v) is 4.87. The van der Waals surface area contributed by atoms with E-state index in [9.17, 15) is 9.50 Å². The maximum Gasteiger partial charge on any atom is 0.142 e. The first kappa shape index (κ1) is 14.8. The molecule has 0 heterocycles. The molecule has 0 saturated heterocycles. The highest BCUT2D eigenvalue weighted by molar-refractivity contribution is 6.31. The minimum Gasteiger partial charge on any atom is -0.489 e. The van der Waals surface area contributed by atoms with Gasteiger partial charge in [-0.2, -0.15) is 0 Å². The van der Waals surface area contributed by atoms with Crippen molar-refractivity contribution in [3.8, 4) is 5.75 Å². The number of benzene rings is 2. The zero-order valence-electron chi connectivity index (χ0n) is 11.1. The lowest BCUT2D eigenvalue weighted by Crippen LogP contribution is -1.99. The number of ether oxygens (including phenoxy) is 1. The summed E-state index contributed by atoms with van der Waals surface area (Å²) in [6.07, 6.45) is 0.209. The van der Waals surface area contributed by atoms with E-state index >= 15 is 0 Å². The van der Waals surface area contributed by atoms with Crippen LogP contribution in [0.4, 0.5) is 4.39 Å². The van der Waals surface area contributed by atoms with Crippen LogP contribution in [0, 0.1) is 5.82 Å². The molecule has 0 bridgehead atoms. The minimum atomic E-state index is -0.457. The fourth-order valence-corrected chi connectivity index (χ4v) is 2.02. The maximum absolute atomic E-state index is 13.3. The van der Waals surface area contributed by atoms with E-state index in [0.29, 0.717) is 17.7 Å². The highest BCUT2D eigenvalue weighted by atomic mass is 35.5. The van der Waals surface area contributed by atoms with Crippen LogP contribution in [0.25, 0.3) is 0 Å². The van der Waals surface area contributed by atoms with E-state index in [-0.39, 0.29) is 11.6 Å². The molecule has 20 heavy (non-hydrogen) atoms. The van der Waals surface area contributed by atoms with Crippen molar-refractivity contribution in [2.75, 3.05) is 0 Å². The second-order valence-electron chi connectivity index (χ2n) is 4.49. The van der Waals surface area contributed by atoms with E-state index in [1.165, 1.54) is 6.07 Å². The first-order chi connectivity index (χ1) is 9.61. The van der Waals surface area contributed by atoms with Gasteiger partial charge in [-0.15, -0.1) is 0 Å². The van der Waals surface area contributed by atoms with Gasteiger partial charge in [-0.25, -0.2) is 4.39 Å². The molecule has 1 unspecified atom stereocenters. The van der Waals surface area contributed by atoms with Gasteiger partial charge in [-0.05, 0) is 30.2 Å². The molecule has 2 aromatic carbocycles. The molecule has 0 radical (unpaired) electrons. The van der Waals surface area contributed by atoms with Gasteiger partial charge >= 0.3 is 0 Å². The predicted octanol–water partition coefficient (Wildman–Crippen LogP) is 4.50. The van der Waals surface area contributed by atoms with Gasteiger partial charge in [0, 0.05) is 5.56 Å². The molecule has 106 valence electrons. The topological polar surface area (TPSA) is 29.5 Å². The summed E-state index contributed by atoms with van der Waals surface area (Å²) in [5, 5.41) is 9.78. The summed E-state index contributed by atoms with van der Waals surface area (Å²) in [6, 6.07) is 11.8. The van der Waals surface area contributed by atoms with Gasteiger partial charge < -0.3 is 9.84 Å². The van der Waals surface area contributed by atoms with Gasteiger partial charge in [0.15, 0.2) is 0 Å². The van der Waals surface area contributed by atoms with Crippen molar-refractivity contribution in [3.05, 3.63) is 64.4 Å². The summed E-state index contributed by atoms with van der Waals surface area (Å²) in [4.78, 5) is 0. The second kappa shape index (κ2) is 6.73. The number of hydrogen-bond donors (Lipinski definition) is 1. The normalized spacial score (nSPS) is 12.2. The number of aliphatic hydroxyl groups is 1. The molecule has 1 N–H and O–H groups in total. The lowest BCUT2D eigenvalue weighted by molar-refractivity contribution is 0.173. The third-order valence-corrected chi connectivity index (χ3v) is 3.50. The highest BCUT2D eigenvalue weighted by Gasteiger charge is 2.07. The van der Waals surface area contributed by atoms with Gasteiger partial charge in [-0.1, -0.05) is 42.8 Å². The van der Waals surface area contributed by atoms with Crippen LogP contribution >= 0.6 is 11.6 Å². The molecular formula is C16H16ClFO2. The average Bonchev–Trinajstić information content (AvgIpc) is 2.48. The summed E-state index contributed by atoms with van der Waals surface area (Å²) >= 11 is 5.86. The van der Waals surface area contributed by atoms with Gasteiger partial charge in [-0.3, -0.25) is 0 Å². The summed E-state index contributed by atoms with van der Waals surface area (Å²) < 4.78 is 18.8. The van der Waals surface area contributed by atoms with Crippen LogP contribution in [0.1, 0.15) is 30.6 Å². The fraction of sp³-hybridized carbons (Fsp3) is 0.250. The molecule has 2 rings (SSSR count). The summed E-state index contributed by atoms with van der Waals surface area (Å²) in [7, 11) is 0. The van der Waals surface area contributed by atoms with Crippen LogP contribution in [0.5, 0.6) is 5.75 Å². The zero-order valence-corrected chi connectivity index (χ0v) is 11.9. The molecule has 0 fully saturated rings. The number of hydrogen-bond acceptors (Lipinski definition) is 2. The molecule has 0 spiro atoms. The van der Waals surface area contributed by atoms with E-state index in [4.69, 9.17) is 16.3 Å². The molecule has 2 aromatic rings. The third-order valence-electron chi connectivity index (χ3n) is 3.08. The van der Waals surface area contributed by atoms with E-state index < -0.39 is 11.9 Å². The van der Waals surface area contributed by atoms with Crippen molar-refractivity contribution in [2.45, 2.75) is 26.1 Å². The number of rotatable bonds is 5. The minimum absolute atomic E-state index is 0.0884. The Labute approximate surface area is 122 Å². The Morgan fingerprint density at radius 2 is 1.90 bits per heavy atom. The van der Waals surface area contributed by atoms with Crippen molar-refractivity contribution >= 4 is 11.6 Å². The summed E-state index contributed by atoms with van der Waals surface area (Å²) in [5.41, 5.74) is 1.45. The van der Waals surface area contributed by atoms with E-state index in [2.05, 4.69) is 0 Å². The first-order valence-corrected chi connectivity index (χ1v) is 6.83. The Bertz CT molecular complexity index is 569. The smallest absolute Gasteiger partial charge is 0.142 e. The van der Waals surface area contributed by atoms with E-state index in [1.807, 2.05) is 19.1 Å². The third kappa shape index (κ3) is 3.50. The molecule has 0 aliphatic heterocycles. The van der Waals surface area contributed by atoms with Crippen molar-refractivity contribution in [2.24, 2.45) is 0 Å². The average molecular weight is 295 g/mol. The van der Waals surface area contributed by atoms with Crippen molar-refractivity contribution in [1.82, 2.24) is 0 Å².